The number of rotatable bonds is 4. The van der Waals surface area contributed by atoms with Crippen LogP contribution in [-0.4, -0.2) is 57.6 Å². The van der Waals surface area contributed by atoms with Gasteiger partial charge in [-0.2, -0.15) is 0 Å². The largest absolute Gasteiger partial charge is 0.383 e. The third kappa shape index (κ3) is 3.74. The molecule has 1 aliphatic rings. The maximum Gasteiger partial charge on any atom is 0.264 e. The molecule has 0 spiro atoms. The number of amides is 1. The highest BCUT2D eigenvalue weighted by molar-refractivity contribution is 7.15. The number of aromatic nitrogens is 2. The van der Waals surface area contributed by atoms with E-state index in [9.17, 15) is 9.59 Å². The summed E-state index contributed by atoms with van der Waals surface area (Å²) in [5.74, 6) is 1.17. The van der Waals surface area contributed by atoms with Gasteiger partial charge in [-0.05, 0) is 31.2 Å². The van der Waals surface area contributed by atoms with E-state index < -0.39 is 0 Å². The molecule has 2 aromatic heterocycles. The van der Waals surface area contributed by atoms with E-state index in [-0.39, 0.29) is 11.7 Å². The summed E-state index contributed by atoms with van der Waals surface area (Å²) in [7, 11) is 0. The highest BCUT2D eigenvalue weighted by Gasteiger charge is 2.24. The predicted octanol–water partition coefficient (Wildman–Crippen LogP) is 2.43. The Morgan fingerprint density at radius 2 is 1.75 bits per heavy atom. The fourth-order valence-corrected chi connectivity index (χ4v) is 4.20. The first-order valence-corrected chi connectivity index (χ1v) is 9.96. The molecule has 0 atom stereocenters. The average Bonchev–Trinajstić information content (AvgIpc) is 3.19. The van der Waals surface area contributed by atoms with Crippen molar-refractivity contribution in [2.24, 2.45) is 0 Å². The highest BCUT2D eigenvalue weighted by atomic mass is 32.1. The summed E-state index contributed by atoms with van der Waals surface area (Å²) in [5.41, 5.74) is 6.91. The van der Waals surface area contributed by atoms with Gasteiger partial charge in [0.2, 0.25) is 0 Å². The third-order valence-electron chi connectivity index (χ3n) is 4.87. The molecule has 0 radical (unpaired) electrons. The lowest BCUT2D eigenvalue weighted by Gasteiger charge is -2.34. The molecule has 1 fully saturated rings. The Morgan fingerprint density at radius 1 is 1.04 bits per heavy atom. The van der Waals surface area contributed by atoms with Crippen molar-refractivity contribution in [1.29, 1.82) is 0 Å². The first kappa shape index (κ1) is 18.5. The van der Waals surface area contributed by atoms with Crippen LogP contribution in [0.3, 0.4) is 0 Å². The quantitative estimate of drug-likeness (QED) is 0.682. The molecule has 8 heteroatoms. The number of nitrogens with zero attached hydrogens (tertiary/aromatic N) is 4. The van der Waals surface area contributed by atoms with Crippen LogP contribution in [0, 0.1) is 0 Å². The average molecular weight is 395 g/mol. The van der Waals surface area contributed by atoms with Crippen LogP contribution in [0.25, 0.3) is 10.9 Å². The van der Waals surface area contributed by atoms with E-state index in [0.29, 0.717) is 41.0 Å². The third-order valence-corrected chi connectivity index (χ3v) is 6.04. The van der Waals surface area contributed by atoms with E-state index in [4.69, 9.17) is 5.73 Å². The molecule has 1 aromatic carbocycles. The number of thiophene rings is 1. The van der Waals surface area contributed by atoms with E-state index in [1.54, 1.807) is 12.1 Å². The molecule has 1 amide bonds. The zero-order valence-corrected chi connectivity index (χ0v) is 16.4. The number of carbonyl (C=O) groups excluding carboxylic acids is 2. The number of anilines is 1. The summed E-state index contributed by atoms with van der Waals surface area (Å²) in [6, 6.07) is 11.2. The number of nitrogens with two attached hydrogens (primary N) is 1. The minimum absolute atomic E-state index is 0.0106. The maximum atomic E-state index is 12.7. The van der Waals surface area contributed by atoms with E-state index in [1.807, 2.05) is 29.2 Å². The Hall–Kier alpha value is -2.84. The molecule has 0 bridgehead atoms. The first-order chi connectivity index (χ1) is 13.5. The number of Topliss-reactive ketones (excluding diaryl/α,β-unsaturated/α-hetero) is 1. The summed E-state index contributed by atoms with van der Waals surface area (Å²) in [4.78, 5) is 38.4. The Morgan fingerprint density at radius 3 is 2.46 bits per heavy atom. The van der Waals surface area contributed by atoms with Gasteiger partial charge in [0.25, 0.3) is 5.91 Å². The van der Waals surface area contributed by atoms with Crippen LogP contribution in [-0.2, 0) is 6.54 Å². The lowest BCUT2D eigenvalue weighted by atomic mass is 10.2. The molecule has 0 unspecified atom stereocenters. The van der Waals surface area contributed by atoms with Gasteiger partial charge in [0.15, 0.2) is 5.78 Å². The molecule has 1 aliphatic heterocycles. The highest BCUT2D eigenvalue weighted by Crippen LogP contribution is 2.21. The first-order valence-electron chi connectivity index (χ1n) is 9.15. The molecular formula is C20H21N5O2S. The van der Waals surface area contributed by atoms with Crippen LogP contribution in [0.1, 0.15) is 32.1 Å². The van der Waals surface area contributed by atoms with Crippen molar-refractivity contribution in [2.75, 3.05) is 31.9 Å². The minimum Gasteiger partial charge on any atom is -0.383 e. The number of hydrogen-bond acceptors (Lipinski definition) is 7. The number of piperazine rings is 1. The van der Waals surface area contributed by atoms with Crippen molar-refractivity contribution in [3.05, 3.63) is 52.0 Å². The van der Waals surface area contributed by atoms with Crippen molar-refractivity contribution < 1.29 is 9.59 Å². The fourth-order valence-electron chi connectivity index (χ4n) is 3.33. The SMILES string of the molecule is CC(=O)c1ccc(C(=O)N2CCN(Cc3nc(N)c4ccccc4n3)CC2)s1. The van der Waals surface area contributed by atoms with Crippen molar-refractivity contribution in [1.82, 2.24) is 19.8 Å². The molecule has 2 N–H and O–H groups in total. The van der Waals surface area contributed by atoms with Crippen molar-refractivity contribution in [3.63, 3.8) is 0 Å². The van der Waals surface area contributed by atoms with Crippen molar-refractivity contribution >= 4 is 39.7 Å². The zero-order chi connectivity index (χ0) is 19.7. The summed E-state index contributed by atoms with van der Waals surface area (Å²) in [5, 5.41) is 0.863. The molecule has 7 nitrogen and oxygen atoms in total. The predicted molar refractivity (Wildman–Crippen MR) is 109 cm³/mol. The van der Waals surface area contributed by atoms with Crippen LogP contribution in [0.2, 0.25) is 0 Å². The Labute approximate surface area is 166 Å². The van der Waals surface area contributed by atoms with Crippen LogP contribution in [0.5, 0.6) is 0 Å². The fraction of sp³-hybridized carbons (Fsp3) is 0.300. The van der Waals surface area contributed by atoms with E-state index >= 15 is 0 Å². The van der Waals surface area contributed by atoms with E-state index in [0.717, 1.165) is 24.0 Å². The number of benzene rings is 1. The molecule has 3 aromatic rings. The number of ketones is 1. The second-order valence-electron chi connectivity index (χ2n) is 6.83. The molecule has 0 saturated carbocycles. The summed E-state index contributed by atoms with van der Waals surface area (Å²) in [6.07, 6.45) is 0. The number of fused-ring (bicyclic) bond motifs is 1. The summed E-state index contributed by atoms with van der Waals surface area (Å²) < 4.78 is 0. The van der Waals surface area contributed by atoms with Gasteiger partial charge in [-0.15, -0.1) is 11.3 Å². The lowest BCUT2D eigenvalue weighted by molar-refractivity contribution is 0.0630. The van der Waals surface area contributed by atoms with Crippen LogP contribution in [0.15, 0.2) is 36.4 Å². The number of hydrogen-bond donors (Lipinski definition) is 1. The van der Waals surface area contributed by atoms with Crippen LogP contribution < -0.4 is 5.73 Å². The van der Waals surface area contributed by atoms with Gasteiger partial charge < -0.3 is 10.6 Å². The van der Waals surface area contributed by atoms with Gasteiger partial charge in [-0.25, -0.2) is 9.97 Å². The summed E-state index contributed by atoms with van der Waals surface area (Å²) >= 11 is 1.26. The van der Waals surface area contributed by atoms with Crippen molar-refractivity contribution in [2.45, 2.75) is 13.5 Å². The van der Waals surface area contributed by atoms with Gasteiger partial charge in [0.05, 0.1) is 21.8 Å². The second-order valence-corrected chi connectivity index (χ2v) is 7.91. The molecular weight excluding hydrogens is 374 g/mol. The minimum atomic E-state index is -0.0108. The summed E-state index contributed by atoms with van der Waals surface area (Å²) in [6.45, 7) is 4.87. The van der Waals surface area contributed by atoms with Crippen LogP contribution in [0.4, 0.5) is 5.82 Å². The van der Waals surface area contributed by atoms with Gasteiger partial charge in [-0.3, -0.25) is 14.5 Å². The molecule has 144 valence electrons. The Balaban J connectivity index is 1.39. The monoisotopic (exact) mass is 395 g/mol. The number of para-hydroxylation sites is 1. The molecule has 4 rings (SSSR count). The van der Waals surface area contributed by atoms with Crippen molar-refractivity contribution in [3.8, 4) is 0 Å². The standard InChI is InChI=1S/C20H21N5O2S/c1-13(26)16-6-7-17(28-16)20(27)25-10-8-24(9-11-25)12-18-22-15-5-3-2-4-14(15)19(21)23-18/h2-7H,8-12H2,1H3,(H2,21,22,23). The number of nitrogen functional groups attached to an aromatic ring is 1. The van der Waals surface area contributed by atoms with Crippen LogP contribution >= 0.6 is 11.3 Å². The maximum absolute atomic E-state index is 12.7. The Bertz CT molecular complexity index is 1040. The second kappa shape index (κ2) is 7.65. The Kier molecular flexibility index (Phi) is 5.06. The number of carbonyl (C=O) groups is 2. The molecule has 3 heterocycles. The smallest absolute Gasteiger partial charge is 0.264 e. The van der Waals surface area contributed by atoms with Gasteiger partial charge in [-0.1, -0.05) is 12.1 Å². The van der Waals surface area contributed by atoms with Gasteiger partial charge in [0.1, 0.15) is 11.6 Å². The molecule has 28 heavy (non-hydrogen) atoms. The topological polar surface area (TPSA) is 92.4 Å². The van der Waals surface area contributed by atoms with E-state index in [1.165, 1.54) is 18.3 Å². The zero-order valence-electron chi connectivity index (χ0n) is 15.6. The normalized spacial score (nSPS) is 15.1. The van der Waals surface area contributed by atoms with E-state index in [2.05, 4.69) is 14.9 Å². The molecule has 1 saturated heterocycles. The molecule has 0 aliphatic carbocycles. The van der Waals surface area contributed by atoms with Gasteiger partial charge in [0, 0.05) is 31.6 Å². The lowest BCUT2D eigenvalue weighted by Crippen LogP contribution is -2.48. The van der Waals surface area contributed by atoms with Gasteiger partial charge >= 0.3 is 0 Å².